The highest BCUT2D eigenvalue weighted by Crippen LogP contribution is 2.18. The van der Waals surface area contributed by atoms with E-state index < -0.39 is 0 Å². The van der Waals surface area contributed by atoms with Crippen LogP contribution in [0, 0.1) is 0 Å². The average Bonchev–Trinajstić information content (AvgIpc) is 2.64. The summed E-state index contributed by atoms with van der Waals surface area (Å²) < 4.78 is 0. The molecule has 3 heteroatoms. The number of rotatable bonds is 8. The number of likely N-dealkylation sites (tertiary alicyclic amines) is 1. The van der Waals surface area contributed by atoms with Gasteiger partial charge in [0.05, 0.1) is 0 Å². The molecule has 1 saturated heterocycles. The molecule has 0 amide bonds. The van der Waals surface area contributed by atoms with Crippen LogP contribution in [0.5, 0.6) is 0 Å². The van der Waals surface area contributed by atoms with Gasteiger partial charge in [-0.3, -0.25) is 4.90 Å². The molecule has 1 atom stereocenters. The van der Waals surface area contributed by atoms with Crippen LogP contribution < -0.4 is 0 Å². The number of hydrogen-bond acceptors (Lipinski definition) is 3. The van der Waals surface area contributed by atoms with E-state index in [4.69, 9.17) is 5.11 Å². The maximum Gasteiger partial charge on any atom is 0.0431 e. The van der Waals surface area contributed by atoms with Gasteiger partial charge in [0.15, 0.2) is 0 Å². The fraction of sp³-hybridized carbons (Fsp3) is 1.00. The van der Waals surface area contributed by atoms with Crippen LogP contribution in [0.3, 0.4) is 0 Å². The summed E-state index contributed by atoms with van der Waals surface area (Å²) in [6.45, 7) is 4.10. The summed E-state index contributed by atoms with van der Waals surface area (Å²) in [5.74, 6) is 0. The fourth-order valence-corrected chi connectivity index (χ4v) is 2.60. The Morgan fingerprint density at radius 3 is 2.62 bits per heavy atom. The monoisotopic (exact) mass is 228 g/mol. The van der Waals surface area contributed by atoms with Crippen molar-refractivity contribution >= 4 is 0 Å². The molecule has 0 spiro atoms. The molecular weight excluding hydrogens is 200 g/mol. The summed E-state index contributed by atoms with van der Waals surface area (Å²) in [7, 11) is 4.33. The van der Waals surface area contributed by atoms with Gasteiger partial charge in [0.1, 0.15) is 0 Å². The van der Waals surface area contributed by atoms with E-state index in [2.05, 4.69) is 23.9 Å². The van der Waals surface area contributed by atoms with E-state index in [1.807, 2.05) is 0 Å². The van der Waals surface area contributed by atoms with Gasteiger partial charge < -0.3 is 10.0 Å². The molecule has 1 rings (SSSR count). The third-order valence-corrected chi connectivity index (χ3v) is 3.43. The minimum Gasteiger partial charge on any atom is -0.396 e. The van der Waals surface area contributed by atoms with Crippen LogP contribution in [-0.2, 0) is 0 Å². The van der Waals surface area contributed by atoms with Crippen molar-refractivity contribution in [2.24, 2.45) is 0 Å². The predicted octanol–water partition coefficient (Wildman–Crippen LogP) is 1.57. The molecule has 0 aromatic carbocycles. The number of aliphatic hydroxyl groups is 1. The van der Waals surface area contributed by atoms with E-state index in [9.17, 15) is 0 Å². The first kappa shape index (κ1) is 13.9. The molecule has 0 aromatic rings. The lowest BCUT2D eigenvalue weighted by atomic mass is 10.1. The van der Waals surface area contributed by atoms with Crippen molar-refractivity contribution in [3.8, 4) is 0 Å². The van der Waals surface area contributed by atoms with Crippen LogP contribution in [0.25, 0.3) is 0 Å². The van der Waals surface area contributed by atoms with Gasteiger partial charge in [-0.1, -0.05) is 12.8 Å². The van der Waals surface area contributed by atoms with E-state index >= 15 is 0 Å². The molecule has 1 N–H and O–H groups in total. The van der Waals surface area contributed by atoms with E-state index in [1.165, 1.54) is 51.7 Å². The molecule has 3 nitrogen and oxygen atoms in total. The molecule has 1 aliphatic rings. The maximum absolute atomic E-state index is 8.70. The lowest BCUT2D eigenvalue weighted by Gasteiger charge is -2.26. The number of nitrogens with zero attached hydrogens (tertiary/aromatic N) is 2. The van der Waals surface area contributed by atoms with Gasteiger partial charge in [0.2, 0.25) is 0 Å². The van der Waals surface area contributed by atoms with Crippen molar-refractivity contribution in [1.82, 2.24) is 9.80 Å². The second-order valence-electron chi connectivity index (χ2n) is 5.23. The zero-order chi connectivity index (χ0) is 11.8. The standard InChI is InChI=1S/C13H28N2O/c1-14(2)12-13-8-7-10-15(13)9-5-3-4-6-11-16/h13,16H,3-12H2,1-2H3. The van der Waals surface area contributed by atoms with Gasteiger partial charge in [0, 0.05) is 19.2 Å². The minimum absolute atomic E-state index is 0.354. The maximum atomic E-state index is 8.70. The van der Waals surface area contributed by atoms with E-state index in [0.29, 0.717) is 6.61 Å². The van der Waals surface area contributed by atoms with Gasteiger partial charge in [0.25, 0.3) is 0 Å². The van der Waals surface area contributed by atoms with Crippen LogP contribution in [0.15, 0.2) is 0 Å². The average molecular weight is 228 g/mol. The first-order valence-corrected chi connectivity index (χ1v) is 6.73. The Kier molecular flexibility index (Phi) is 7.01. The Morgan fingerprint density at radius 1 is 1.19 bits per heavy atom. The van der Waals surface area contributed by atoms with Crippen molar-refractivity contribution in [3.63, 3.8) is 0 Å². The number of aliphatic hydroxyl groups excluding tert-OH is 1. The Balaban J connectivity index is 2.10. The Morgan fingerprint density at radius 2 is 1.94 bits per heavy atom. The third kappa shape index (κ3) is 5.28. The molecule has 0 saturated carbocycles. The summed E-state index contributed by atoms with van der Waals surface area (Å²) in [5.41, 5.74) is 0. The summed E-state index contributed by atoms with van der Waals surface area (Å²) in [6.07, 6.45) is 7.46. The third-order valence-electron chi connectivity index (χ3n) is 3.43. The Hall–Kier alpha value is -0.120. The zero-order valence-electron chi connectivity index (χ0n) is 11.0. The molecule has 1 fully saturated rings. The summed E-state index contributed by atoms with van der Waals surface area (Å²) >= 11 is 0. The highest BCUT2D eigenvalue weighted by atomic mass is 16.2. The largest absolute Gasteiger partial charge is 0.396 e. The topological polar surface area (TPSA) is 26.7 Å². The van der Waals surface area contributed by atoms with Gasteiger partial charge in [-0.2, -0.15) is 0 Å². The lowest BCUT2D eigenvalue weighted by molar-refractivity contribution is 0.203. The van der Waals surface area contributed by atoms with Crippen LogP contribution >= 0.6 is 0 Å². The first-order valence-electron chi connectivity index (χ1n) is 6.73. The van der Waals surface area contributed by atoms with Crippen molar-refractivity contribution in [2.45, 2.75) is 44.6 Å². The number of hydrogen-bond donors (Lipinski definition) is 1. The molecule has 1 aliphatic heterocycles. The summed E-state index contributed by atoms with van der Waals surface area (Å²) in [4.78, 5) is 4.95. The number of unbranched alkanes of at least 4 members (excludes halogenated alkanes) is 3. The van der Waals surface area contributed by atoms with Crippen molar-refractivity contribution < 1.29 is 5.11 Å². The Labute approximate surface area is 100 Å². The van der Waals surface area contributed by atoms with Gasteiger partial charge >= 0.3 is 0 Å². The van der Waals surface area contributed by atoms with Crippen LogP contribution in [0.4, 0.5) is 0 Å². The lowest BCUT2D eigenvalue weighted by Crippen LogP contribution is -2.38. The summed E-state index contributed by atoms with van der Waals surface area (Å²) in [5, 5.41) is 8.70. The molecule has 0 radical (unpaired) electrons. The van der Waals surface area contributed by atoms with Crippen LogP contribution in [0.2, 0.25) is 0 Å². The molecule has 96 valence electrons. The SMILES string of the molecule is CN(C)CC1CCCN1CCCCCCO. The molecule has 0 aliphatic carbocycles. The van der Waals surface area contributed by atoms with Crippen LogP contribution in [-0.4, -0.2) is 61.3 Å². The Bertz CT molecular complexity index is 173. The van der Waals surface area contributed by atoms with Gasteiger partial charge in [-0.05, 0) is 52.9 Å². The van der Waals surface area contributed by atoms with E-state index in [1.54, 1.807) is 0 Å². The smallest absolute Gasteiger partial charge is 0.0431 e. The van der Waals surface area contributed by atoms with Crippen molar-refractivity contribution in [2.75, 3.05) is 40.3 Å². The molecule has 1 heterocycles. The molecule has 0 bridgehead atoms. The number of likely N-dealkylation sites (N-methyl/N-ethyl adjacent to an activating group) is 1. The quantitative estimate of drug-likeness (QED) is 0.639. The summed E-state index contributed by atoms with van der Waals surface area (Å²) in [6, 6.07) is 0.785. The zero-order valence-corrected chi connectivity index (χ0v) is 11.0. The molecule has 16 heavy (non-hydrogen) atoms. The normalized spacial score (nSPS) is 22.1. The fourth-order valence-electron chi connectivity index (χ4n) is 2.60. The molecule has 1 unspecified atom stereocenters. The van der Waals surface area contributed by atoms with Crippen molar-refractivity contribution in [1.29, 1.82) is 0 Å². The second kappa shape index (κ2) is 8.04. The van der Waals surface area contributed by atoms with Crippen LogP contribution in [0.1, 0.15) is 38.5 Å². The van der Waals surface area contributed by atoms with E-state index in [0.717, 1.165) is 12.5 Å². The highest BCUT2D eigenvalue weighted by Gasteiger charge is 2.23. The second-order valence-corrected chi connectivity index (χ2v) is 5.23. The van der Waals surface area contributed by atoms with E-state index in [-0.39, 0.29) is 0 Å². The van der Waals surface area contributed by atoms with Gasteiger partial charge in [-0.25, -0.2) is 0 Å². The van der Waals surface area contributed by atoms with Gasteiger partial charge in [-0.15, -0.1) is 0 Å². The minimum atomic E-state index is 0.354. The highest BCUT2D eigenvalue weighted by molar-refractivity contribution is 4.80. The first-order chi connectivity index (χ1) is 7.74. The van der Waals surface area contributed by atoms with Crippen molar-refractivity contribution in [3.05, 3.63) is 0 Å². The molecular formula is C13H28N2O. The predicted molar refractivity (Wildman–Crippen MR) is 68.7 cm³/mol. The molecule has 0 aromatic heterocycles.